The fourth-order valence-corrected chi connectivity index (χ4v) is 4.08. The number of hydrogen-bond donors (Lipinski definition) is 1. The summed E-state index contributed by atoms with van der Waals surface area (Å²) in [4.78, 5) is 26.8. The molecule has 6 heteroatoms. The van der Waals surface area contributed by atoms with Crippen LogP contribution in [0.3, 0.4) is 0 Å². The fourth-order valence-electron chi connectivity index (χ4n) is 4.08. The van der Waals surface area contributed by atoms with E-state index in [0.29, 0.717) is 18.7 Å². The van der Waals surface area contributed by atoms with Gasteiger partial charge in [0, 0.05) is 37.0 Å². The normalized spacial score (nSPS) is 21.6. The molecule has 1 heterocycles. The van der Waals surface area contributed by atoms with Crippen LogP contribution in [0.25, 0.3) is 0 Å². The van der Waals surface area contributed by atoms with Crippen LogP contribution in [0.2, 0.25) is 0 Å². The summed E-state index contributed by atoms with van der Waals surface area (Å²) in [7, 11) is 0. The van der Waals surface area contributed by atoms with Gasteiger partial charge in [-0.25, -0.2) is 8.78 Å². The van der Waals surface area contributed by atoms with Crippen LogP contribution >= 0.6 is 0 Å². The molecule has 148 valence electrons. The number of likely N-dealkylation sites (tertiary alicyclic amines) is 1. The van der Waals surface area contributed by atoms with E-state index in [2.05, 4.69) is 5.32 Å². The van der Waals surface area contributed by atoms with Crippen molar-refractivity contribution < 1.29 is 18.4 Å². The van der Waals surface area contributed by atoms with Crippen LogP contribution in [-0.4, -0.2) is 42.3 Å². The molecule has 0 aromatic heterocycles. The molecule has 0 bridgehead atoms. The van der Waals surface area contributed by atoms with Crippen molar-refractivity contribution in [2.75, 3.05) is 13.1 Å². The Morgan fingerprint density at radius 2 is 1.85 bits per heavy atom. The second-order valence-electron chi connectivity index (χ2n) is 8.48. The van der Waals surface area contributed by atoms with Gasteiger partial charge in [0.1, 0.15) is 0 Å². The number of amides is 2. The molecule has 4 nitrogen and oxygen atoms in total. The lowest BCUT2D eigenvalue weighted by Crippen LogP contribution is -2.43. The molecule has 1 spiro atoms. The Labute approximate surface area is 159 Å². The Morgan fingerprint density at radius 3 is 2.41 bits per heavy atom. The molecule has 1 aliphatic heterocycles. The number of alkyl halides is 2. The zero-order valence-electron chi connectivity index (χ0n) is 16.2. The molecule has 2 aliphatic rings. The number of halogens is 2. The second-order valence-corrected chi connectivity index (χ2v) is 8.48. The molecular weight excluding hydrogens is 350 g/mol. The molecule has 1 aromatic rings. The lowest BCUT2D eigenvalue weighted by Gasteiger charge is -2.26. The molecule has 1 saturated heterocycles. The smallest absolute Gasteiger partial charge is 0.251 e. The molecule has 2 atom stereocenters. The molecule has 27 heavy (non-hydrogen) atoms. The average molecular weight is 378 g/mol. The highest BCUT2D eigenvalue weighted by molar-refractivity contribution is 5.94. The highest BCUT2D eigenvalue weighted by atomic mass is 19.3. The lowest BCUT2D eigenvalue weighted by atomic mass is 10.0. The summed E-state index contributed by atoms with van der Waals surface area (Å²) in [5.74, 6) is -1.33. The Balaban J connectivity index is 1.63. The van der Waals surface area contributed by atoms with Crippen molar-refractivity contribution in [3.05, 3.63) is 34.9 Å². The average Bonchev–Trinajstić information content (AvgIpc) is 3.23. The molecule has 1 N–H and O–H groups in total. The monoisotopic (exact) mass is 378 g/mol. The fraction of sp³-hybridized carbons (Fsp3) is 0.619. The van der Waals surface area contributed by atoms with Crippen LogP contribution in [0.1, 0.15) is 54.1 Å². The van der Waals surface area contributed by atoms with Crippen molar-refractivity contribution >= 4 is 11.8 Å². The van der Waals surface area contributed by atoms with Crippen molar-refractivity contribution in [2.45, 2.75) is 58.9 Å². The van der Waals surface area contributed by atoms with Crippen LogP contribution in [-0.2, 0) is 4.79 Å². The van der Waals surface area contributed by atoms with Crippen LogP contribution < -0.4 is 5.32 Å². The summed E-state index contributed by atoms with van der Waals surface area (Å²) >= 11 is 0. The zero-order chi connectivity index (χ0) is 19.8. The largest absolute Gasteiger partial charge is 0.350 e. The minimum atomic E-state index is -2.49. The lowest BCUT2D eigenvalue weighted by molar-refractivity contribution is -0.134. The van der Waals surface area contributed by atoms with Crippen molar-refractivity contribution in [3.8, 4) is 0 Å². The summed E-state index contributed by atoms with van der Waals surface area (Å²) in [5.41, 5.74) is 2.81. The summed E-state index contributed by atoms with van der Waals surface area (Å²) < 4.78 is 25.6. The summed E-state index contributed by atoms with van der Waals surface area (Å²) in [6.07, 6.45) is 0.351. The number of hydrogen-bond acceptors (Lipinski definition) is 2. The van der Waals surface area contributed by atoms with Crippen molar-refractivity contribution in [1.82, 2.24) is 10.2 Å². The first-order valence-corrected chi connectivity index (χ1v) is 9.63. The van der Waals surface area contributed by atoms with Gasteiger partial charge < -0.3 is 10.2 Å². The van der Waals surface area contributed by atoms with Crippen LogP contribution in [0, 0.1) is 25.2 Å². The van der Waals surface area contributed by atoms with E-state index in [9.17, 15) is 18.4 Å². The minimum absolute atomic E-state index is 0.111. The summed E-state index contributed by atoms with van der Waals surface area (Å²) in [5, 5.41) is 2.94. The highest BCUT2D eigenvalue weighted by Crippen LogP contribution is 2.54. The van der Waals surface area contributed by atoms with Crippen molar-refractivity contribution in [1.29, 1.82) is 0 Å². The molecule has 2 fully saturated rings. The van der Waals surface area contributed by atoms with Gasteiger partial charge in [-0.05, 0) is 50.7 Å². The number of rotatable bonds is 6. The second kappa shape index (κ2) is 7.56. The Kier molecular flexibility index (Phi) is 5.54. The van der Waals surface area contributed by atoms with Crippen molar-refractivity contribution in [3.63, 3.8) is 0 Å². The van der Waals surface area contributed by atoms with Gasteiger partial charge in [0.25, 0.3) is 5.91 Å². The van der Waals surface area contributed by atoms with Gasteiger partial charge in [0.2, 0.25) is 12.3 Å². The first-order chi connectivity index (χ1) is 12.7. The van der Waals surface area contributed by atoms with Crippen LogP contribution in [0.15, 0.2) is 18.2 Å². The predicted octanol–water partition coefficient (Wildman–Crippen LogP) is 3.71. The number of carbonyl (C=O) groups excluding carboxylic acids is 2. The first kappa shape index (κ1) is 19.8. The maximum atomic E-state index is 12.8. The van der Waals surface area contributed by atoms with Crippen molar-refractivity contribution in [2.24, 2.45) is 11.3 Å². The summed E-state index contributed by atoms with van der Waals surface area (Å²) in [6.45, 7) is 6.29. The number of aryl methyl sites for hydroxylation is 2. The summed E-state index contributed by atoms with van der Waals surface area (Å²) in [6, 6.07) is 5.58. The van der Waals surface area contributed by atoms with E-state index < -0.39 is 12.3 Å². The first-order valence-electron chi connectivity index (χ1n) is 9.63. The topological polar surface area (TPSA) is 49.4 Å². The maximum Gasteiger partial charge on any atom is 0.251 e. The van der Waals surface area contributed by atoms with Gasteiger partial charge in [0.15, 0.2) is 0 Å². The van der Waals surface area contributed by atoms with E-state index in [-0.39, 0.29) is 29.7 Å². The van der Waals surface area contributed by atoms with Gasteiger partial charge in [0.05, 0.1) is 0 Å². The van der Waals surface area contributed by atoms with E-state index in [1.165, 1.54) is 6.92 Å². The molecule has 1 aromatic carbocycles. The zero-order valence-corrected chi connectivity index (χ0v) is 16.2. The molecular formula is C21H28F2N2O2. The minimum Gasteiger partial charge on any atom is -0.350 e. The molecule has 2 unspecified atom stereocenters. The molecule has 1 aliphatic carbocycles. The predicted molar refractivity (Wildman–Crippen MR) is 99.8 cm³/mol. The maximum absolute atomic E-state index is 12.8. The SMILES string of the molecule is Cc1cc(C)cc(C(=O)NCC2CC3(CC3)CN2C(=O)CC(C)C(F)F)c1. The third-order valence-electron chi connectivity index (χ3n) is 5.80. The van der Waals surface area contributed by atoms with E-state index in [1.807, 2.05) is 32.0 Å². The Hall–Kier alpha value is -1.98. The quantitative estimate of drug-likeness (QED) is 0.820. The van der Waals surface area contributed by atoms with E-state index >= 15 is 0 Å². The molecule has 2 amide bonds. The van der Waals surface area contributed by atoms with E-state index in [4.69, 9.17) is 0 Å². The molecule has 3 rings (SSSR count). The number of carbonyl (C=O) groups is 2. The standard InChI is InChI=1S/C21H28F2N2O2/c1-13-6-14(2)8-16(7-13)20(27)24-11-17-10-21(4-5-21)12-25(17)18(26)9-15(3)19(22)23/h6-8,15,17,19H,4-5,9-12H2,1-3H3,(H,24,27). The van der Waals surface area contributed by atoms with E-state index in [1.54, 1.807) is 4.90 Å². The number of benzene rings is 1. The third kappa shape index (κ3) is 4.66. The van der Waals surface area contributed by atoms with Gasteiger partial charge in [-0.15, -0.1) is 0 Å². The van der Waals surface area contributed by atoms with Crippen LogP contribution in [0.5, 0.6) is 0 Å². The van der Waals surface area contributed by atoms with Gasteiger partial charge in [-0.3, -0.25) is 9.59 Å². The van der Waals surface area contributed by atoms with Gasteiger partial charge in [-0.1, -0.05) is 24.1 Å². The number of nitrogens with zero attached hydrogens (tertiary/aromatic N) is 1. The molecule has 0 radical (unpaired) electrons. The Morgan fingerprint density at radius 1 is 1.22 bits per heavy atom. The van der Waals surface area contributed by atoms with Gasteiger partial charge in [-0.2, -0.15) is 0 Å². The third-order valence-corrected chi connectivity index (χ3v) is 5.80. The van der Waals surface area contributed by atoms with Gasteiger partial charge >= 0.3 is 0 Å². The molecule has 1 saturated carbocycles. The number of nitrogens with one attached hydrogen (secondary N) is 1. The van der Waals surface area contributed by atoms with E-state index in [0.717, 1.165) is 30.4 Å². The van der Waals surface area contributed by atoms with Crippen LogP contribution in [0.4, 0.5) is 8.78 Å². The highest BCUT2D eigenvalue weighted by Gasteiger charge is 2.53. The Bertz CT molecular complexity index is 711.